The predicted octanol–water partition coefficient (Wildman–Crippen LogP) is 3.70. The van der Waals surface area contributed by atoms with Gasteiger partial charge in [0.25, 0.3) is 0 Å². The minimum atomic E-state index is -0.934. The summed E-state index contributed by atoms with van der Waals surface area (Å²) in [6.45, 7) is 2.11. The molecule has 3 aromatic rings. The van der Waals surface area contributed by atoms with Gasteiger partial charge >= 0.3 is 5.97 Å². The third-order valence-corrected chi connectivity index (χ3v) is 4.31. The highest BCUT2D eigenvalue weighted by Gasteiger charge is 2.08. The first kappa shape index (κ1) is 13.5. The molecule has 2 N–H and O–H groups in total. The van der Waals surface area contributed by atoms with Crippen molar-refractivity contribution < 1.29 is 9.90 Å². The van der Waals surface area contributed by atoms with E-state index >= 15 is 0 Å². The maximum atomic E-state index is 10.8. The highest BCUT2D eigenvalue weighted by atomic mass is 32.1. The normalized spacial score (nSPS) is 10.7. The molecule has 0 amide bonds. The molecule has 106 valence electrons. The lowest BCUT2D eigenvalue weighted by molar-refractivity contribution is 0.0697. The van der Waals surface area contributed by atoms with Gasteiger partial charge in [-0.05, 0) is 36.8 Å². The summed E-state index contributed by atoms with van der Waals surface area (Å²) < 4.78 is 0. The van der Waals surface area contributed by atoms with Crippen LogP contribution < -0.4 is 5.32 Å². The number of thiophene rings is 1. The van der Waals surface area contributed by atoms with Gasteiger partial charge in [-0.15, -0.1) is 11.3 Å². The van der Waals surface area contributed by atoms with Gasteiger partial charge in [0.15, 0.2) is 0 Å². The van der Waals surface area contributed by atoms with Gasteiger partial charge < -0.3 is 10.4 Å². The molecule has 0 bridgehead atoms. The van der Waals surface area contributed by atoms with Crippen LogP contribution in [0.5, 0.6) is 0 Å². The van der Waals surface area contributed by atoms with Crippen molar-refractivity contribution in [3.63, 3.8) is 0 Å². The van der Waals surface area contributed by atoms with E-state index in [1.54, 1.807) is 35.6 Å². The summed E-state index contributed by atoms with van der Waals surface area (Å²) in [5, 5.41) is 13.1. The first-order valence-corrected chi connectivity index (χ1v) is 7.33. The highest BCUT2D eigenvalue weighted by Crippen LogP contribution is 2.30. The number of anilines is 2. The molecule has 0 aliphatic rings. The van der Waals surface area contributed by atoms with Crippen molar-refractivity contribution in [2.24, 2.45) is 0 Å². The summed E-state index contributed by atoms with van der Waals surface area (Å²) in [5.41, 5.74) is 1.06. The first-order valence-electron chi connectivity index (χ1n) is 6.51. The van der Waals surface area contributed by atoms with Gasteiger partial charge in [0.1, 0.15) is 17.0 Å². The molecular weight excluding hydrogens is 286 g/mol. The summed E-state index contributed by atoms with van der Waals surface area (Å²) in [6.07, 6.45) is 2.50. The molecule has 0 aliphatic heterocycles. The molecule has 0 aliphatic carbocycles. The van der Waals surface area contributed by atoms with E-state index in [0.29, 0.717) is 0 Å². The Hall–Kier alpha value is -2.47. The summed E-state index contributed by atoms with van der Waals surface area (Å²) in [7, 11) is 0. The molecule has 21 heavy (non-hydrogen) atoms. The first-order chi connectivity index (χ1) is 10.2. The van der Waals surface area contributed by atoms with Crippen molar-refractivity contribution in [1.29, 1.82) is 0 Å². The number of hydrogen-bond donors (Lipinski definition) is 2. The number of carbonyl (C=O) groups is 1. The fraction of sp³-hybridized carbons (Fsp3) is 0.133. The van der Waals surface area contributed by atoms with Gasteiger partial charge in [-0.2, -0.15) is 0 Å². The van der Waals surface area contributed by atoms with Crippen molar-refractivity contribution >= 4 is 39.0 Å². The van der Waals surface area contributed by atoms with Crippen LogP contribution in [0.4, 0.5) is 11.5 Å². The molecule has 0 fully saturated rings. The van der Waals surface area contributed by atoms with Crippen LogP contribution in [0, 0.1) is 0 Å². The molecule has 1 aromatic carbocycles. The Balaban J connectivity index is 1.93. The third-order valence-electron chi connectivity index (χ3n) is 3.12. The largest absolute Gasteiger partial charge is 0.478 e. The Morgan fingerprint density at radius 2 is 2.05 bits per heavy atom. The number of aromatic carboxylic acids is 1. The molecule has 0 radical (unpaired) electrons. The Morgan fingerprint density at radius 1 is 1.29 bits per heavy atom. The molecule has 2 heterocycles. The van der Waals surface area contributed by atoms with Crippen molar-refractivity contribution in [1.82, 2.24) is 9.97 Å². The molecule has 0 saturated carbocycles. The monoisotopic (exact) mass is 299 g/mol. The summed E-state index contributed by atoms with van der Waals surface area (Å²) in [5.74, 6) is -0.199. The zero-order valence-corrected chi connectivity index (χ0v) is 12.1. The van der Waals surface area contributed by atoms with Gasteiger partial charge in [0.05, 0.1) is 10.9 Å². The van der Waals surface area contributed by atoms with Crippen LogP contribution in [-0.2, 0) is 6.42 Å². The SMILES string of the molecule is CCc1cc2c(Nc3ccc(C(=O)O)cc3)ncnc2s1. The van der Waals surface area contributed by atoms with Crippen LogP contribution in [0.1, 0.15) is 22.2 Å². The minimum absolute atomic E-state index is 0.261. The number of nitrogens with one attached hydrogen (secondary N) is 1. The van der Waals surface area contributed by atoms with Gasteiger partial charge in [-0.3, -0.25) is 0 Å². The lowest BCUT2D eigenvalue weighted by Gasteiger charge is -2.06. The summed E-state index contributed by atoms with van der Waals surface area (Å²) in [4.78, 5) is 21.6. The number of carboxylic acid groups (broad SMARTS) is 1. The maximum Gasteiger partial charge on any atom is 0.335 e. The lowest BCUT2D eigenvalue weighted by Crippen LogP contribution is -1.98. The van der Waals surface area contributed by atoms with E-state index < -0.39 is 5.97 Å². The molecule has 2 aromatic heterocycles. The fourth-order valence-electron chi connectivity index (χ4n) is 2.01. The second kappa shape index (κ2) is 5.49. The van der Waals surface area contributed by atoms with Gasteiger partial charge in [-0.1, -0.05) is 6.92 Å². The smallest absolute Gasteiger partial charge is 0.335 e. The number of nitrogens with zero attached hydrogens (tertiary/aromatic N) is 2. The number of rotatable bonds is 4. The zero-order chi connectivity index (χ0) is 14.8. The highest BCUT2D eigenvalue weighted by molar-refractivity contribution is 7.18. The number of hydrogen-bond acceptors (Lipinski definition) is 5. The van der Waals surface area contributed by atoms with E-state index in [1.165, 1.54) is 11.2 Å². The van der Waals surface area contributed by atoms with E-state index in [2.05, 4.69) is 28.3 Å². The molecule has 5 nitrogen and oxygen atoms in total. The number of aromatic nitrogens is 2. The summed E-state index contributed by atoms with van der Waals surface area (Å²) in [6, 6.07) is 8.67. The lowest BCUT2D eigenvalue weighted by atomic mass is 10.2. The van der Waals surface area contributed by atoms with Gasteiger partial charge in [0, 0.05) is 10.6 Å². The quantitative estimate of drug-likeness (QED) is 0.768. The van der Waals surface area contributed by atoms with Crippen LogP contribution in [-0.4, -0.2) is 21.0 Å². The standard InChI is InChI=1S/C15H13N3O2S/c1-2-11-7-12-13(16-8-17-14(12)21-11)18-10-5-3-9(4-6-10)15(19)20/h3-8H,2H2,1H3,(H,19,20)(H,16,17,18). The average Bonchev–Trinajstić information content (AvgIpc) is 2.92. The van der Waals surface area contributed by atoms with Crippen LogP contribution in [0.3, 0.4) is 0 Å². The number of carboxylic acids is 1. The van der Waals surface area contributed by atoms with E-state index in [1.807, 2.05) is 0 Å². The van der Waals surface area contributed by atoms with Crippen LogP contribution >= 0.6 is 11.3 Å². The van der Waals surface area contributed by atoms with E-state index in [9.17, 15) is 4.79 Å². The number of benzene rings is 1. The van der Waals surface area contributed by atoms with Gasteiger partial charge in [0.2, 0.25) is 0 Å². The van der Waals surface area contributed by atoms with Crippen LogP contribution in [0.2, 0.25) is 0 Å². The van der Waals surface area contributed by atoms with E-state index in [4.69, 9.17) is 5.11 Å². The number of aryl methyl sites for hydroxylation is 1. The number of fused-ring (bicyclic) bond motifs is 1. The second-order valence-electron chi connectivity index (χ2n) is 4.51. The van der Waals surface area contributed by atoms with Crippen LogP contribution in [0.15, 0.2) is 36.7 Å². The maximum absolute atomic E-state index is 10.8. The van der Waals surface area contributed by atoms with Crippen molar-refractivity contribution in [3.05, 3.63) is 47.1 Å². The van der Waals surface area contributed by atoms with Crippen LogP contribution in [0.25, 0.3) is 10.2 Å². The Labute approximate surface area is 125 Å². The second-order valence-corrected chi connectivity index (χ2v) is 5.63. The van der Waals surface area contributed by atoms with Gasteiger partial charge in [-0.25, -0.2) is 14.8 Å². The Kier molecular flexibility index (Phi) is 3.53. The van der Waals surface area contributed by atoms with Crippen molar-refractivity contribution in [3.8, 4) is 0 Å². The molecule has 0 spiro atoms. The molecule has 0 atom stereocenters. The fourth-order valence-corrected chi connectivity index (χ4v) is 2.95. The Morgan fingerprint density at radius 3 is 2.71 bits per heavy atom. The Bertz CT molecular complexity index is 796. The average molecular weight is 299 g/mol. The van der Waals surface area contributed by atoms with E-state index in [0.717, 1.165) is 28.1 Å². The predicted molar refractivity (Wildman–Crippen MR) is 83.5 cm³/mol. The molecule has 3 rings (SSSR count). The van der Waals surface area contributed by atoms with Crippen molar-refractivity contribution in [2.45, 2.75) is 13.3 Å². The van der Waals surface area contributed by atoms with Crippen molar-refractivity contribution in [2.75, 3.05) is 5.32 Å². The third kappa shape index (κ3) is 2.71. The van der Waals surface area contributed by atoms with E-state index in [-0.39, 0.29) is 5.56 Å². The molecule has 0 unspecified atom stereocenters. The molecule has 0 saturated heterocycles. The zero-order valence-electron chi connectivity index (χ0n) is 11.3. The molecular formula is C15H13N3O2S. The minimum Gasteiger partial charge on any atom is -0.478 e. The topological polar surface area (TPSA) is 75.1 Å². The summed E-state index contributed by atoms with van der Waals surface area (Å²) >= 11 is 1.66. The molecule has 6 heteroatoms.